The van der Waals surface area contributed by atoms with Crippen LogP contribution in [0.5, 0.6) is 0 Å². The van der Waals surface area contributed by atoms with E-state index in [0.717, 1.165) is 39.5 Å². The van der Waals surface area contributed by atoms with E-state index in [0.29, 0.717) is 0 Å². The monoisotopic (exact) mass is 922 g/mol. The van der Waals surface area contributed by atoms with Gasteiger partial charge in [-0.3, -0.25) is 14.3 Å². The van der Waals surface area contributed by atoms with E-state index in [-0.39, 0.29) is 12.2 Å². The van der Waals surface area contributed by atoms with Crippen molar-refractivity contribution >= 4 is 34.6 Å². The number of nitrogens with zero attached hydrogens (tertiary/aromatic N) is 1. The van der Waals surface area contributed by atoms with Crippen molar-refractivity contribution in [2.75, 3.05) is 13.7 Å². The third-order valence-corrected chi connectivity index (χ3v) is 12.3. The quantitative estimate of drug-likeness (QED) is 0.0382. The Morgan fingerprint density at radius 2 is 1.05 bits per heavy atom. The topological polar surface area (TPSA) is 109 Å². The fourth-order valence-corrected chi connectivity index (χ4v) is 9.26. The molecule has 9 nitrogen and oxygen atoms in total. The minimum Gasteiger partial charge on any atom is -0.466 e. The van der Waals surface area contributed by atoms with Gasteiger partial charge in [0.1, 0.15) is 23.4 Å². The summed E-state index contributed by atoms with van der Waals surface area (Å²) in [5.74, 6) is -0.649. The zero-order chi connectivity index (χ0) is 42.2. The Hall–Kier alpha value is -6.18. The Bertz CT molecular complexity index is 2480. The van der Waals surface area contributed by atoms with Crippen LogP contribution in [0, 0.1) is 0 Å². The molecule has 6 aromatic carbocycles. The number of nitrogens with one attached hydrogen (secondary N) is 1. The first-order valence-electron chi connectivity index (χ1n) is 19.9. The van der Waals surface area contributed by atoms with Crippen molar-refractivity contribution < 1.29 is 23.7 Å². The van der Waals surface area contributed by atoms with E-state index in [1.807, 2.05) is 109 Å². The van der Waals surface area contributed by atoms with Crippen molar-refractivity contribution in [3.63, 3.8) is 0 Å². The number of aromatic nitrogens is 2. The summed E-state index contributed by atoms with van der Waals surface area (Å²) in [5, 5.41) is 0. The van der Waals surface area contributed by atoms with Crippen LogP contribution in [-0.4, -0.2) is 45.4 Å². The molecule has 1 N–H and O–H groups in total. The van der Waals surface area contributed by atoms with Gasteiger partial charge in [0.25, 0.3) is 5.56 Å². The molecule has 7 aromatic rings. The smallest absolute Gasteiger partial charge is 0.330 e. The largest absolute Gasteiger partial charge is 0.466 e. The van der Waals surface area contributed by atoms with Gasteiger partial charge in [-0.05, 0) is 39.5 Å². The molecule has 1 aliphatic heterocycles. The normalized spacial score (nSPS) is 17.9. The summed E-state index contributed by atoms with van der Waals surface area (Å²) in [6, 6.07) is 60.5. The van der Waals surface area contributed by atoms with E-state index in [2.05, 4.69) is 100 Å². The van der Waals surface area contributed by atoms with Gasteiger partial charge in [-0.1, -0.05) is 205 Å². The summed E-state index contributed by atoms with van der Waals surface area (Å²) in [5.41, 5.74) is 1.89. The van der Waals surface area contributed by atoms with Crippen LogP contribution in [-0.2, 0) is 34.9 Å². The van der Waals surface area contributed by atoms with Crippen LogP contribution in [0.2, 0.25) is 0 Å². The maximum absolute atomic E-state index is 13.8. The molecule has 8 rings (SSSR count). The first kappa shape index (κ1) is 41.5. The fraction of sp³-hybridized carbons (Fsp3) is 0.157. The van der Waals surface area contributed by atoms with Crippen LogP contribution in [0.4, 0.5) is 0 Å². The number of carbonyl (C=O) groups is 1. The molecule has 1 fully saturated rings. The lowest BCUT2D eigenvalue weighted by atomic mass is 9.79. The molecule has 0 unspecified atom stereocenters. The lowest BCUT2D eigenvalue weighted by Gasteiger charge is -2.41. The zero-order valence-corrected chi connectivity index (χ0v) is 35.4. The van der Waals surface area contributed by atoms with Crippen molar-refractivity contribution in [1.29, 1.82) is 0 Å². The first-order valence-corrected chi connectivity index (χ1v) is 21.2. The van der Waals surface area contributed by atoms with Crippen LogP contribution in [0.15, 0.2) is 204 Å². The van der Waals surface area contributed by atoms with Crippen LogP contribution in [0.3, 0.4) is 0 Å². The van der Waals surface area contributed by atoms with E-state index >= 15 is 0 Å². The summed E-state index contributed by atoms with van der Waals surface area (Å²) in [7, 11) is 1.25. The second-order valence-electron chi connectivity index (χ2n) is 14.6. The second kappa shape index (κ2) is 18.6. The van der Waals surface area contributed by atoms with Gasteiger partial charge in [0.05, 0.1) is 23.2 Å². The molecule has 1 saturated heterocycles. The predicted octanol–water partition coefficient (Wildman–Crippen LogP) is 8.81. The number of alkyl halides is 1. The Labute approximate surface area is 367 Å². The highest BCUT2D eigenvalue weighted by Crippen LogP contribution is 2.48. The molecule has 0 amide bonds. The summed E-state index contributed by atoms with van der Waals surface area (Å²) in [6.07, 6.45) is 1.37. The highest BCUT2D eigenvalue weighted by molar-refractivity contribution is 14.1. The average molecular weight is 923 g/mol. The summed E-state index contributed by atoms with van der Waals surface area (Å²) < 4.78 is 27.7. The van der Waals surface area contributed by atoms with Crippen LogP contribution in [0.25, 0.3) is 6.08 Å². The zero-order valence-electron chi connectivity index (χ0n) is 33.3. The molecule has 0 bridgehead atoms. The number of halogens is 1. The van der Waals surface area contributed by atoms with Gasteiger partial charge < -0.3 is 18.9 Å². The Balaban J connectivity index is 1.31. The number of ether oxygens (including phenoxy) is 4. The number of aromatic amines is 1. The van der Waals surface area contributed by atoms with Gasteiger partial charge in [0.15, 0.2) is 6.23 Å². The Morgan fingerprint density at radius 3 is 1.44 bits per heavy atom. The number of esters is 1. The SMILES string of the molecule is COC(=O)C=Cc1cn([C@@H]2O[C@H](COC(c3ccccc3)(c3ccccc3)c3ccccc3)[C@@H](OC(c3ccccc3)(c3ccccc3)c3ccccc3)[C@H]2I)c(=O)[nH]c1=O. The van der Waals surface area contributed by atoms with E-state index in [1.54, 1.807) is 0 Å². The van der Waals surface area contributed by atoms with Gasteiger partial charge in [-0.15, -0.1) is 0 Å². The molecule has 1 aromatic heterocycles. The third-order valence-electron chi connectivity index (χ3n) is 11.0. The number of hydrogen-bond donors (Lipinski definition) is 1. The molecule has 0 aliphatic carbocycles. The van der Waals surface area contributed by atoms with E-state index in [1.165, 1.54) is 23.9 Å². The molecular weight excluding hydrogens is 879 g/mol. The highest BCUT2D eigenvalue weighted by Gasteiger charge is 2.52. The molecule has 4 atom stereocenters. The molecule has 10 heteroatoms. The lowest BCUT2D eigenvalue weighted by Crippen LogP contribution is -2.45. The van der Waals surface area contributed by atoms with Gasteiger partial charge in [0, 0.05) is 12.3 Å². The minimum atomic E-state index is -1.16. The minimum absolute atomic E-state index is 0.0149. The third kappa shape index (κ3) is 8.32. The standard InChI is InChI=1S/C51H43IN2O7/c1-58-44(55)33-32-36-34-54(49(57)53-47(36)56)48-45(52)46(61-51(40-26-14-5-15-27-40,41-28-16-6-17-29-41)42-30-18-7-19-31-42)43(60-48)35-59-50(37-20-8-2-9-21-37,38-22-10-3-11-23-38)39-24-12-4-13-25-39/h2-34,43,45-46,48H,35H2,1H3,(H,53,56,57)/t43-,45-,46-,48-/m1/s1. The average Bonchev–Trinajstić information content (AvgIpc) is 3.63. The van der Waals surface area contributed by atoms with Gasteiger partial charge >= 0.3 is 11.7 Å². The number of H-pyrrole nitrogens is 1. The summed E-state index contributed by atoms with van der Waals surface area (Å²) >= 11 is 2.29. The van der Waals surface area contributed by atoms with Gasteiger partial charge in [0.2, 0.25) is 0 Å². The lowest BCUT2D eigenvalue weighted by molar-refractivity contribution is -0.134. The van der Waals surface area contributed by atoms with E-state index in [4.69, 9.17) is 18.9 Å². The molecule has 306 valence electrons. The van der Waals surface area contributed by atoms with Crippen LogP contribution >= 0.6 is 22.6 Å². The van der Waals surface area contributed by atoms with Crippen molar-refractivity contribution in [3.8, 4) is 0 Å². The van der Waals surface area contributed by atoms with Gasteiger partial charge in [-0.25, -0.2) is 9.59 Å². The Morgan fingerprint density at radius 1 is 0.656 bits per heavy atom. The molecule has 0 saturated carbocycles. The molecule has 61 heavy (non-hydrogen) atoms. The molecule has 0 radical (unpaired) electrons. The van der Waals surface area contributed by atoms with Crippen molar-refractivity contribution in [1.82, 2.24) is 9.55 Å². The van der Waals surface area contributed by atoms with Crippen molar-refractivity contribution in [2.45, 2.75) is 33.6 Å². The summed E-state index contributed by atoms with van der Waals surface area (Å²) in [6.45, 7) is 0.0149. The number of carbonyl (C=O) groups excluding carboxylic acids is 1. The number of methoxy groups -OCH3 is 1. The van der Waals surface area contributed by atoms with Crippen molar-refractivity contribution in [2.24, 2.45) is 0 Å². The number of rotatable bonds is 14. The molecule has 1 aliphatic rings. The van der Waals surface area contributed by atoms with Crippen LogP contribution < -0.4 is 11.2 Å². The van der Waals surface area contributed by atoms with Crippen LogP contribution in [0.1, 0.15) is 45.2 Å². The van der Waals surface area contributed by atoms with Gasteiger partial charge in [-0.2, -0.15) is 0 Å². The Kier molecular flexibility index (Phi) is 12.7. The first-order chi connectivity index (χ1) is 29.8. The highest BCUT2D eigenvalue weighted by atomic mass is 127. The molecular formula is C51H43IN2O7. The molecule has 2 heterocycles. The second-order valence-corrected chi connectivity index (χ2v) is 16.0. The maximum atomic E-state index is 13.8. The maximum Gasteiger partial charge on any atom is 0.330 e. The van der Waals surface area contributed by atoms with E-state index < -0.39 is 50.8 Å². The van der Waals surface area contributed by atoms with E-state index in [9.17, 15) is 14.4 Å². The number of benzene rings is 6. The fourth-order valence-electron chi connectivity index (χ4n) is 8.13. The molecule has 0 spiro atoms. The predicted molar refractivity (Wildman–Crippen MR) is 243 cm³/mol. The number of hydrogen-bond acceptors (Lipinski definition) is 7. The van der Waals surface area contributed by atoms with Crippen molar-refractivity contribution in [3.05, 3.63) is 254 Å². The summed E-state index contributed by atoms with van der Waals surface area (Å²) in [4.78, 5) is 41.3.